The van der Waals surface area contributed by atoms with Crippen molar-refractivity contribution in [3.63, 3.8) is 0 Å². The van der Waals surface area contributed by atoms with Crippen LogP contribution in [-0.4, -0.2) is 33.9 Å². The fourth-order valence-electron chi connectivity index (χ4n) is 2.76. The van der Waals surface area contributed by atoms with Crippen molar-refractivity contribution in [3.05, 3.63) is 64.4 Å². The Hall–Kier alpha value is -2.87. The largest absolute Gasteiger partial charge is 0.486 e. The first kappa shape index (κ1) is 17.5. The molecular formula is C19H17BrN4O3. The standard InChI is InChI=1S/C19H17BrN4O3/c20-15-4-1-13(2-5-15)11-24-12-21-19(23-24)22-18(25)10-14-3-6-16-17(9-14)27-8-7-26-16/h1-6,9,12H,7-8,10-11H2,(H,22,23,25). The van der Waals surface area contributed by atoms with Gasteiger partial charge in [0.2, 0.25) is 11.9 Å². The van der Waals surface area contributed by atoms with Crippen molar-refractivity contribution in [2.24, 2.45) is 0 Å². The van der Waals surface area contributed by atoms with Crippen LogP contribution < -0.4 is 14.8 Å². The highest BCUT2D eigenvalue weighted by Crippen LogP contribution is 2.30. The second kappa shape index (κ2) is 7.79. The highest BCUT2D eigenvalue weighted by atomic mass is 79.9. The number of halogens is 1. The Bertz CT molecular complexity index is 956. The van der Waals surface area contributed by atoms with Gasteiger partial charge in [0.05, 0.1) is 13.0 Å². The van der Waals surface area contributed by atoms with Gasteiger partial charge < -0.3 is 9.47 Å². The van der Waals surface area contributed by atoms with Gasteiger partial charge in [-0.2, -0.15) is 0 Å². The Labute approximate surface area is 164 Å². The molecule has 8 heteroatoms. The van der Waals surface area contributed by atoms with E-state index in [9.17, 15) is 4.79 Å². The van der Waals surface area contributed by atoms with Crippen molar-refractivity contribution in [1.29, 1.82) is 0 Å². The molecule has 0 unspecified atom stereocenters. The number of anilines is 1. The number of hydrogen-bond donors (Lipinski definition) is 1. The summed E-state index contributed by atoms with van der Waals surface area (Å²) in [7, 11) is 0. The van der Waals surface area contributed by atoms with E-state index in [1.165, 1.54) is 0 Å². The van der Waals surface area contributed by atoms with E-state index < -0.39 is 0 Å². The van der Waals surface area contributed by atoms with Gasteiger partial charge in [-0.1, -0.05) is 34.1 Å². The molecule has 0 bridgehead atoms. The second-order valence-corrected chi connectivity index (χ2v) is 7.01. The normalized spacial score (nSPS) is 12.6. The summed E-state index contributed by atoms with van der Waals surface area (Å²) in [5.41, 5.74) is 1.93. The van der Waals surface area contributed by atoms with Gasteiger partial charge in [-0.15, -0.1) is 5.10 Å². The Morgan fingerprint density at radius 1 is 1.07 bits per heavy atom. The van der Waals surface area contributed by atoms with Crippen LogP contribution in [0.5, 0.6) is 11.5 Å². The quantitative estimate of drug-likeness (QED) is 0.675. The van der Waals surface area contributed by atoms with E-state index in [1.807, 2.05) is 42.5 Å². The van der Waals surface area contributed by atoms with Gasteiger partial charge in [-0.05, 0) is 35.4 Å². The third-order valence-corrected chi connectivity index (χ3v) is 4.55. The molecule has 2 heterocycles. The monoisotopic (exact) mass is 428 g/mol. The van der Waals surface area contributed by atoms with E-state index in [1.54, 1.807) is 11.0 Å². The van der Waals surface area contributed by atoms with Crippen molar-refractivity contribution in [2.75, 3.05) is 18.5 Å². The Balaban J connectivity index is 1.36. The zero-order valence-corrected chi connectivity index (χ0v) is 16.0. The zero-order chi connectivity index (χ0) is 18.6. The van der Waals surface area contributed by atoms with Crippen LogP contribution in [0.2, 0.25) is 0 Å². The van der Waals surface area contributed by atoms with Crippen LogP contribution in [0.4, 0.5) is 5.95 Å². The number of rotatable bonds is 5. The number of nitrogens with one attached hydrogen (secondary N) is 1. The van der Waals surface area contributed by atoms with E-state index in [0.29, 0.717) is 31.3 Å². The topological polar surface area (TPSA) is 78.3 Å². The molecule has 1 N–H and O–H groups in total. The van der Waals surface area contributed by atoms with Gasteiger partial charge in [-0.25, -0.2) is 9.67 Å². The van der Waals surface area contributed by atoms with E-state index >= 15 is 0 Å². The molecule has 0 spiro atoms. The maximum absolute atomic E-state index is 12.3. The van der Waals surface area contributed by atoms with Crippen molar-refractivity contribution < 1.29 is 14.3 Å². The molecule has 1 amide bonds. The molecule has 3 aromatic rings. The van der Waals surface area contributed by atoms with Gasteiger partial charge >= 0.3 is 0 Å². The average Bonchev–Trinajstić information content (AvgIpc) is 3.10. The molecule has 1 aliphatic heterocycles. The number of amides is 1. The predicted molar refractivity (Wildman–Crippen MR) is 103 cm³/mol. The van der Waals surface area contributed by atoms with Crippen molar-refractivity contribution >= 4 is 27.8 Å². The van der Waals surface area contributed by atoms with E-state index in [2.05, 4.69) is 31.3 Å². The molecule has 0 fully saturated rings. The van der Waals surface area contributed by atoms with Crippen LogP contribution in [-0.2, 0) is 17.8 Å². The van der Waals surface area contributed by atoms with E-state index in [-0.39, 0.29) is 18.3 Å². The molecule has 0 aliphatic carbocycles. The second-order valence-electron chi connectivity index (χ2n) is 6.10. The molecule has 1 aromatic heterocycles. The molecule has 4 rings (SSSR count). The third-order valence-electron chi connectivity index (χ3n) is 4.02. The lowest BCUT2D eigenvalue weighted by atomic mass is 10.1. The average molecular weight is 429 g/mol. The molecule has 27 heavy (non-hydrogen) atoms. The molecule has 0 saturated carbocycles. The maximum Gasteiger partial charge on any atom is 0.248 e. The number of hydrogen-bond acceptors (Lipinski definition) is 5. The Morgan fingerprint density at radius 2 is 1.81 bits per heavy atom. The number of fused-ring (bicyclic) bond motifs is 1. The Morgan fingerprint density at radius 3 is 2.63 bits per heavy atom. The van der Waals surface area contributed by atoms with Gasteiger partial charge in [0.1, 0.15) is 19.5 Å². The summed E-state index contributed by atoms with van der Waals surface area (Å²) in [5, 5.41) is 7.02. The minimum Gasteiger partial charge on any atom is -0.486 e. The number of ether oxygens (including phenoxy) is 2. The van der Waals surface area contributed by atoms with E-state index in [0.717, 1.165) is 15.6 Å². The van der Waals surface area contributed by atoms with Gasteiger partial charge in [0, 0.05) is 4.47 Å². The zero-order valence-electron chi connectivity index (χ0n) is 14.4. The van der Waals surface area contributed by atoms with Crippen molar-refractivity contribution in [3.8, 4) is 11.5 Å². The lowest BCUT2D eigenvalue weighted by Crippen LogP contribution is -2.17. The lowest BCUT2D eigenvalue weighted by Gasteiger charge is -2.18. The summed E-state index contributed by atoms with van der Waals surface area (Å²) < 4.78 is 13.7. The van der Waals surface area contributed by atoms with Crippen LogP contribution in [0, 0.1) is 0 Å². The van der Waals surface area contributed by atoms with Crippen LogP contribution >= 0.6 is 15.9 Å². The van der Waals surface area contributed by atoms with E-state index in [4.69, 9.17) is 9.47 Å². The number of carbonyl (C=O) groups is 1. The fraction of sp³-hybridized carbons (Fsp3) is 0.211. The van der Waals surface area contributed by atoms with Gasteiger partial charge in [0.15, 0.2) is 11.5 Å². The fourth-order valence-corrected chi connectivity index (χ4v) is 3.02. The van der Waals surface area contributed by atoms with Crippen LogP contribution in [0.3, 0.4) is 0 Å². The molecular weight excluding hydrogens is 412 g/mol. The first-order chi connectivity index (χ1) is 13.2. The first-order valence-electron chi connectivity index (χ1n) is 8.48. The molecule has 7 nitrogen and oxygen atoms in total. The predicted octanol–water partition coefficient (Wildman–Crippen LogP) is 3.04. The number of benzene rings is 2. The summed E-state index contributed by atoms with van der Waals surface area (Å²) in [6.45, 7) is 1.64. The summed E-state index contributed by atoms with van der Waals surface area (Å²) in [6.07, 6.45) is 1.81. The maximum atomic E-state index is 12.3. The number of aromatic nitrogens is 3. The number of carbonyl (C=O) groups excluding carboxylic acids is 1. The molecule has 0 saturated heterocycles. The molecule has 138 valence electrons. The van der Waals surface area contributed by atoms with Crippen LogP contribution in [0.1, 0.15) is 11.1 Å². The van der Waals surface area contributed by atoms with Crippen LogP contribution in [0.25, 0.3) is 0 Å². The van der Waals surface area contributed by atoms with Crippen molar-refractivity contribution in [2.45, 2.75) is 13.0 Å². The summed E-state index contributed by atoms with van der Waals surface area (Å²) in [4.78, 5) is 16.4. The molecule has 2 aromatic carbocycles. The summed E-state index contributed by atoms with van der Waals surface area (Å²) in [6, 6.07) is 13.5. The third kappa shape index (κ3) is 4.46. The molecule has 1 aliphatic rings. The highest BCUT2D eigenvalue weighted by Gasteiger charge is 2.14. The summed E-state index contributed by atoms with van der Waals surface area (Å²) in [5.74, 6) is 1.48. The SMILES string of the molecule is O=C(Cc1ccc2c(c1)OCCO2)Nc1ncn(Cc2ccc(Br)cc2)n1. The lowest BCUT2D eigenvalue weighted by molar-refractivity contribution is -0.115. The smallest absolute Gasteiger partial charge is 0.248 e. The summed E-state index contributed by atoms with van der Waals surface area (Å²) >= 11 is 3.41. The molecule has 0 radical (unpaired) electrons. The first-order valence-corrected chi connectivity index (χ1v) is 9.27. The Kier molecular flexibility index (Phi) is 5.06. The van der Waals surface area contributed by atoms with Crippen LogP contribution in [0.15, 0.2) is 53.3 Å². The van der Waals surface area contributed by atoms with Crippen molar-refractivity contribution in [1.82, 2.24) is 14.8 Å². The van der Waals surface area contributed by atoms with Gasteiger partial charge in [0.25, 0.3) is 0 Å². The molecule has 0 atom stereocenters. The highest BCUT2D eigenvalue weighted by molar-refractivity contribution is 9.10. The van der Waals surface area contributed by atoms with Gasteiger partial charge in [-0.3, -0.25) is 10.1 Å². The minimum absolute atomic E-state index is 0.187. The number of nitrogens with zero attached hydrogens (tertiary/aromatic N) is 3. The minimum atomic E-state index is -0.187.